The quantitative estimate of drug-likeness (QED) is 0.590. The maximum absolute atomic E-state index is 13.5. The van der Waals surface area contributed by atoms with Gasteiger partial charge in [0.05, 0.1) is 18.9 Å². The second-order valence-electron chi connectivity index (χ2n) is 7.40. The molecule has 0 spiro atoms. The first-order chi connectivity index (χ1) is 15.6. The average Bonchev–Trinajstić information content (AvgIpc) is 3.21. The number of hydrogen-bond acceptors (Lipinski definition) is 4. The van der Waals surface area contributed by atoms with Crippen molar-refractivity contribution < 1.29 is 19.1 Å². The number of carbonyl (C=O) groups excluding carboxylic acids is 2. The fraction of sp³-hybridized carbons (Fsp3) is 0.231. The second kappa shape index (κ2) is 9.56. The summed E-state index contributed by atoms with van der Waals surface area (Å²) in [5.41, 5.74) is 2.78. The molecule has 6 nitrogen and oxygen atoms in total. The van der Waals surface area contributed by atoms with Crippen LogP contribution >= 0.6 is 0 Å². The van der Waals surface area contributed by atoms with Gasteiger partial charge in [0.15, 0.2) is 0 Å². The van der Waals surface area contributed by atoms with Crippen LogP contribution in [0.2, 0.25) is 0 Å². The summed E-state index contributed by atoms with van der Waals surface area (Å²) in [5, 5.41) is 2.97. The number of nitrogens with one attached hydrogen (secondary N) is 1. The molecule has 2 amide bonds. The normalized spacial score (nSPS) is 14.6. The molecule has 1 N–H and O–H groups in total. The third-order valence-corrected chi connectivity index (χ3v) is 5.34. The molecular weight excluding hydrogens is 404 g/mol. The van der Waals surface area contributed by atoms with Gasteiger partial charge in [-0.1, -0.05) is 36.4 Å². The van der Waals surface area contributed by atoms with Gasteiger partial charge in [-0.2, -0.15) is 0 Å². The van der Waals surface area contributed by atoms with E-state index in [9.17, 15) is 9.59 Å². The van der Waals surface area contributed by atoms with Gasteiger partial charge in [-0.05, 0) is 49.7 Å². The molecule has 1 aliphatic rings. The summed E-state index contributed by atoms with van der Waals surface area (Å²) in [5.74, 6) is 0.711. The highest BCUT2D eigenvalue weighted by Crippen LogP contribution is 2.35. The van der Waals surface area contributed by atoms with Gasteiger partial charge in [0.2, 0.25) is 5.91 Å². The van der Waals surface area contributed by atoms with Crippen LogP contribution in [-0.2, 0) is 11.2 Å². The zero-order valence-electron chi connectivity index (χ0n) is 18.2. The van der Waals surface area contributed by atoms with Crippen LogP contribution in [0.1, 0.15) is 29.8 Å². The Bertz CT molecular complexity index is 1110. The van der Waals surface area contributed by atoms with Crippen LogP contribution in [-0.4, -0.2) is 31.1 Å². The minimum atomic E-state index is -0.676. The van der Waals surface area contributed by atoms with Crippen LogP contribution in [0.5, 0.6) is 11.5 Å². The van der Waals surface area contributed by atoms with Crippen LogP contribution < -0.4 is 19.7 Å². The van der Waals surface area contributed by atoms with E-state index in [1.165, 1.54) is 0 Å². The van der Waals surface area contributed by atoms with E-state index in [-0.39, 0.29) is 11.8 Å². The molecule has 1 heterocycles. The van der Waals surface area contributed by atoms with E-state index in [1.54, 1.807) is 35.2 Å². The first-order valence-corrected chi connectivity index (χ1v) is 10.8. The maximum Gasteiger partial charge on any atom is 0.259 e. The molecule has 1 aliphatic heterocycles. The molecule has 0 fully saturated rings. The molecule has 0 saturated heterocycles. The van der Waals surface area contributed by atoms with Gasteiger partial charge < -0.3 is 14.8 Å². The molecule has 164 valence electrons. The number of para-hydroxylation sites is 1. The zero-order valence-corrected chi connectivity index (χ0v) is 18.2. The Morgan fingerprint density at radius 3 is 2.41 bits per heavy atom. The van der Waals surface area contributed by atoms with Crippen molar-refractivity contribution in [2.24, 2.45) is 0 Å². The number of nitrogens with zero attached hydrogens (tertiary/aromatic N) is 1. The van der Waals surface area contributed by atoms with Crippen LogP contribution in [0.25, 0.3) is 0 Å². The smallest absolute Gasteiger partial charge is 0.259 e. The largest absolute Gasteiger partial charge is 0.494 e. The molecule has 3 aromatic carbocycles. The number of anilines is 2. The molecule has 4 rings (SSSR count). The van der Waals surface area contributed by atoms with Crippen molar-refractivity contribution in [2.75, 3.05) is 23.4 Å². The fourth-order valence-corrected chi connectivity index (χ4v) is 3.93. The highest BCUT2D eigenvalue weighted by molar-refractivity contribution is 6.13. The van der Waals surface area contributed by atoms with E-state index in [0.717, 1.165) is 11.3 Å². The molecule has 0 saturated carbocycles. The summed E-state index contributed by atoms with van der Waals surface area (Å²) in [4.78, 5) is 28.4. The minimum absolute atomic E-state index is 0.205. The summed E-state index contributed by atoms with van der Waals surface area (Å²) >= 11 is 0. The van der Waals surface area contributed by atoms with Crippen molar-refractivity contribution in [1.82, 2.24) is 0 Å². The number of ether oxygens (including phenoxy) is 2. The van der Waals surface area contributed by atoms with E-state index in [0.29, 0.717) is 42.4 Å². The Labute approximate surface area is 187 Å². The number of hydrogen-bond donors (Lipinski definition) is 1. The third kappa shape index (κ3) is 4.30. The molecule has 0 unspecified atom stereocenters. The molecule has 0 radical (unpaired) electrons. The van der Waals surface area contributed by atoms with E-state index >= 15 is 0 Å². The number of fused-ring (bicyclic) bond motifs is 1. The Morgan fingerprint density at radius 2 is 1.66 bits per heavy atom. The molecule has 0 bridgehead atoms. The summed E-state index contributed by atoms with van der Waals surface area (Å²) in [6, 6.07) is 21.3. The number of carbonyl (C=O) groups is 2. The summed E-state index contributed by atoms with van der Waals surface area (Å²) < 4.78 is 11.3. The lowest BCUT2D eigenvalue weighted by molar-refractivity contribution is -0.117. The van der Waals surface area contributed by atoms with Gasteiger partial charge in [0, 0.05) is 23.7 Å². The molecule has 1 atom stereocenters. The second-order valence-corrected chi connectivity index (χ2v) is 7.40. The molecule has 32 heavy (non-hydrogen) atoms. The number of rotatable bonds is 7. The summed E-state index contributed by atoms with van der Waals surface area (Å²) in [6.45, 7) is 4.76. The van der Waals surface area contributed by atoms with E-state index in [1.807, 2.05) is 56.3 Å². The molecule has 3 aromatic rings. The van der Waals surface area contributed by atoms with Crippen molar-refractivity contribution >= 4 is 23.2 Å². The molecular formula is C26H26N2O4. The van der Waals surface area contributed by atoms with Crippen molar-refractivity contribution in [3.8, 4) is 11.5 Å². The monoisotopic (exact) mass is 430 g/mol. The van der Waals surface area contributed by atoms with Crippen LogP contribution in [0.4, 0.5) is 11.4 Å². The minimum Gasteiger partial charge on any atom is -0.494 e. The van der Waals surface area contributed by atoms with Gasteiger partial charge in [-0.25, -0.2) is 0 Å². The average molecular weight is 431 g/mol. The highest BCUT2D eigenvalue weighted by Gasteiger charge is 2.38. The summed E-state index contributed by atoms with van der Waals surface area (Å²) in [7, 11) is 0. The predicted octanol–water partition coefficient (Wildman–Crippen LogP) is 4.69. The van der Waals surface area contributed by atoms with E-state index < -0.39 is 6.04 Å². The Morgan fingerprint density at radius 1 is 0.938 bits per heavy atom. The van der Waals surface area contributed by atoms with Gasteiger partial charge >= 0.3 is 0 Å². The third-order valence-electron chi connectivity index (χ3n) is 5.34. The van der Waals surface area contributed by atoms with Crippen molar-refractivity contribution in [3.63, 3.8) is 0 Å². The van der Waals surface area contributed by atoms with E-state index in [4.69, 9.17) is 9.47 Å². The van der Waals surface area contributed by atoms with E-state index in [2.05, 4.69) is 5.32 Å². The Kier molecular flexibility index (Phi) is 6.40. The fourth-order valence-electron chi connectivity index (χ4n) is 3.93. The van der Waals surface area contributed by atoms with Crippen molar-refractivity contribution in [1.29, 1.82) is 0 Å². The summed E-state index contributed by atoms with van der Waals surface area (Å²) in [6.07, 6.45) is 0.440. The molecule has 6 heteroatoms. The Hall–Kier alpha value is -3.80. The van der Waals surface area contributed by atoms with Crippen molar-refractivity contribution in [2.45, 2.75) is 26.3 Å². The predicted molar refractivity (Wildman–Crippen MR) is 125 cm³/mol. The first-order valence-electron chi connectivity index (χ1n) is 10.8. The standard InChI is InChI=1S/C26H26N2O4/c1-3-31-20-14-15-24(32-4-2)21(17-20)27-25(29)23-16-19-12-8-9-13-22(19)28(23)26(30)18-10-6-5-7-11-18/h5-15,17,23H,3-4,16H2,1-2H3,(H,27,29)/t23-/m0/s1. The SMILES string of the molecule is CCOc1ccc(OCC)c(NC(=O)[C@@H]2Cc3ccccc3N2C(=O)c2ccccc2)c1. The van der Waals surface area contributed by atoms with Gasteiger partial charge in [-0.3, -0.25) is 14.5 Å². The van der Waals surface area contributed by atoms with Gasteiger partial charge in [0.1, 0.15) is 17.5 Å². The number of amides is 2. The number of benzene rings is 3. The van der Waals surface area contributed by atoms with Crippen LogP contribution in [0.3, 0.4) is 0 Å². The first kappa shape index (κ1) is 21.4. The van der Waals surface area contributed by atoms with Crippen LogP contribution in [0, 0.1) is 0 Å². The van der Waals surface area contributed by atoms with Gasteiger partial charge in [-0.15, -0.1) is 0 Å². The molecule has 0 aliphatic carbocycles. The lowest BCUT2D eigenvalue weighted by atomic mass is 10.1. The maximum atomic E-state index is 13.5. The lowest BCUT2D eigenvalue weighted by Crippen LogP contribution is -2.45. The van der Waals surface area contributed by atoms with Crippen LogP contribution in [0.15, 0.2) is 72.8 Å². The lowest BCUT2D eigenvalue weighted by Gasteiger charge is -2.25. The zero-order chi connectivity index (χ0) is 22.5. The van der Waals surface area contributed by atoms with Gasteiger partial charge in [0.25, 0.3) is 5.91 Å². The molecule has 0 aromatic heterocycles. The van der Waals surface area contributed by atoms with Crippen molar-refractivity contribution in [3.05, 3.63) is 83.9 Å². The highest BCUT2D eigenvalue weighted by atomic mass is 16.5. The topological polar surface area (TPSA) is 67.9 Å². The Balaban J connectivity index is 1.65.